The van der Waals surface area contributed by atoms with Crippen molar-refractivity contribution in [1.82, 2.24) is 9.38 Å². The lowest BCUT2D eigenvalue weighted by Crippen LogP contribution is -1.91. The van der Waals surface area contributed by atoms with Gasteiger partial charge in [0, 0.05) is 17.4 Å². The Labute approximate surface area is 106 Å². The Balaban J connectivity index is 2.26. The largest absolute Gasteiger partial charge is 0.398 e. The molecular weight excluding hydrogens is 222 g/mol. The summed E-state index contributed by atoms with van der Waals surface area (Å²) < 4.78 is 2.03. The number of benzene rings is 1. The van der Waals surface area contributed by atoms with Crippen LogP contribution in [0.15, 0.2) is 42.6 Å². The molecule has 2 aromatic heterocycles. The summed E-state index contributed by atoms with van der Waals surface area (Å²) in [6.07, 6.45) is 1.91. The molecule has 2 heterocycles. The van der Waals surface area contributed by atoms with Crippen molar-refractivity contribution in [3.8, 4) is 11.3 Å². The van der Waals surface area contributed by atoms with E-state index in [0.29, 0.717) is 0 Å². The molecule has 0 aliphatic carbocycles. The summed E-state index contributed by atoms with van der Waals surface area (Å²) in [5.74, 6) is 0.952. The van der Waals surface area contributed by atoms with Crippen molar-refractivity contribution in [2.75, 3.05) is 5.73 Å². The van der Waals surface area contributed by atoms with Gasteiger partial charge in [0.05, 0.1) is 11.2 Å². The van der Waals surface area contributed by atoms with Crippen LogP contribution in [0.4, 0.5) is 5.69 Å². The van der Waals surface area contributed by atoms with Crippen molar-refractivity contribution < 1.29 is 0 Å². The average Bonchev–Trinajstić information content (AvgIpc) is 2.68. The number of anilines is 1. The molecule has 90 valence electrons. The Morgan fingerprint density at radius 2 is 1.72 bits per heavy atom. The molecule has 0 aliphatic rings. The average molecular weight is 237 g/mol. The molecule has 0 aliphatic heterocycles. The van der Waals surface area contributed by atoms with E-state index in [1.807, 2.05) is 29.7 Å². The Hall–Kier alpha value is -2.29. The van der Waals surface area contributed by atoms with Crippen LogP contribution in [0.1, 0.15) is 11.4 Å². The van der Waals surface area contributed by atoms with Crippen molar-refractivity contribution in [3.05, 3.63) is 54.0 Å². The normalized spacial score (nSPS) is 11.0. The third-order valence-corrected chi connectivity index (χ3v) is 3.16. The lowest BCUT2D eigenvalue weighted by Gasteiger charge is -2.01. The summed E-state index contributed by atoms with van der Waals surface area (Å²) in [7, 11) is 0. The van der Waals surface area contributed by atoms with Crippen molar-refractivity contribution >= 4 is 11.2 Å². The van der Waals surface area contributed by atoms with Gasteiger partial charge in [-0.25, -0.2) is 4.98 Å². The third kappa shape index (κ3) is 1.64. The molecule has 0 saturated carbocycles. The third-order valence-electron chi connectivity index (χ3n) is 3.16. The Kier molecular flexibility index (Phi) is 2.33. The first kappa shape index (κ1) is 10.8. The van der Waals surface area contributed by atoms with E-state index < -0.39 is 0 Å². The number of nitrogens with two attached hydrogens (primary N) is 1. The van der Waals surface area contributed by atoms with E-state index in [1.165, 1.54) is 5.56 Å². The molecule has 0 amide bonds. The van der Waals surface area contributed by atoms with Crippen molar-refractivity contribution in [1.29, 1.82) is 0 Å². The maximum absolute atomic E-state index is 5.81. The minimum absolute atomic E-state index is 0.749. The zero-order chi connectivity index (χ0) is 12.7. The molecule has 18 heavy (non-hydrogen) atoms. The van der Waals surface area contributed by atoms with E-state index in [4.69, 9.17) is 5.73 Å². The summed E-state index contributed by atoms with van der Waals surface area (Å²) in [6, 6.07) is 12.3. The number of nitrogens with zero attached hydrogens (tertiary/aromatic N) is 2. The summed E-state index contributed by atoms with van der Waals surface area (Å²) in [6.45, 7) is 4.07. The predicted molar refractivity (Wildman–Crippen MR) is 74.5 cm³/mol. The smallest absolute Gasteiger partial charge is 0.110 e. The van der Waals surface area contributed by atoms with E-state index in [2.05, 4.69) is 36.2 Å². The zero-order valence-corrected chi connectivity index (χ0v) is 10.5. The molecule has 3 rings (SSSR count). The van der Waals surface area contributed by atoms with Crippen molar-refractivity contribution in [3.63, 3.8) is 0 Å². The number of aromatic nitrogens is 2. The van der Waals surface area contributed by atoms with Crippen molar-refractivity contribution in [2.24, 2.45) is 0 Å². The molecule has 0 spiro atoms. The van der Waals surface area contributed by atoms with Gasteiger partial charge in [-0.2, -0.15) is 0 Å². The number of rotatable bonds is 1. The second-order valence-electron chi connectivity index (χ2n) is 4.59. The number of hydrogen-bond donors (Lipinski definition) is 1. The minimum atomic E-state index is 0.749. The molecule has 1 aromatic carbocycles. The molecule has 0 radical (unpaired) electrons. The monoisotopic (exact) mass is 237 g/mol. The lowest BCUT2D eigenvalue weighted by atomic mass is 10.1. The first-order valence-corrected chi connectivity index (χ1v) is 5.96. The summed E-state index contributed by atoms with van der Waals surface area (Å²) >= 11 is 0. The Morgan fingerprint density at radius 1 is 1.00 bits per heavy atom. The highest BCUT2D eigenvalue weighted by molar-refractivity contribution is 5.78. The van der Waals surface area contributed by atoms with Crippen LogP contribution in [0.5, 0.6) is 0 Å². The van der Waals surface area contributed by atoms with Gasteiger partial charge in [0.15, 0.2) is 0 Å². The Bertz CT molecular complexity index is 708. The van der Waals surface area contributed by atoms with Crippen LogP contribution in [0.25, 0.3) is 16.8 Å². The van der Waals surface area contributed by atoms with E-state index in [9.17, 15) is 0 Å². The molecule has 0 fully saturated rings. The first-order chi connectivity index (χ1) is 8.65. The lowest BCUT2D eigenvalue weighted by molar-refractivity contribution is 1.05. The second kappa shape index (κ2) is 3.88. The van der Waals surface area contributed by atoms with Crippen molar-refractivity contribution in [2.45, 2.75) is 13.8 Å². The van der Waals surface area contributed by atoms with Gasteiger partial charge >= 0.3 is 0 Å². The quantitative estimate of drug-likeness (QED) is 0.706. The standard InChI is InChI=1S/C15H15N3/c1-10-3-5-12(6-4-10)15-14-8-7-13(16)9-18(14)11(2)17-15/h3-9H,16H2,1-2H3. The van der Waals surface area contributed by atoms with E-state index in [1.54, 1.807) is 0 Å². The highest BCUT2D eigenvalue weighted by Crippen LogP contribution is 2.25. The molecule has 0 atom stereocenters. The fourth-order valence-corrected chi connectivity index (χ4v) is 2.17. The number of fused-ring (bicyclic) bond motifs is 1. The van der Waals surface area contributed by atoms with Gasteiger partial charge in [-0.15, -0.1) is 0 Å². The molecular formula is C15H15N3. The number of imidazole rings is 1. The second-order valence-corrected chi connectivity index (χ2v) is 4.59. The van der Waals surface area contributed by atoms with Crippen LogP contribution < -0.4 is 5.73 Å². The molecule has 3 heteroatoms. The summed E-state index contributed by atoms with van der Waals surface area (Å²) in [5.41, 5.74) is 11.0. The van der Waals surface area contributed by atoms with Crippen LogP contribution in [-0.2, 0) is 0 Å². The van der Waals surface area contributed by atoms with Crippen LogP contribution in [0.3, 0.4) is 0 Å². The zero-order valence-electron chi connectivity index (χ0n) is 10.5. The number of nitrogen functional groups attached to an aromatic ring is 1. The van der Waals surface area contributed by atoms with Gasteiger partial charge in [-0.1, -0.05) is 29.8 Å². The van der Waals surface area contributed by atoms with E-state index in [-0.39, 0.29) is 0 Å². The molecule has 2 N–H and O–H groups in total. The highest BCUT2D eigenvalue weighted by Gasteiger charge is 2.09. The minimum Gasteiger partial charge on any atom is -0.398 e. The molecule has 0 saturated heterocycles. The summed E-state index contributed by atoms with van der Waals surface area (Å²) in [4.78, 5) is 4.64. The molecule has 0 unspecified atom stereocenters. The van der Waals surface area contributed by atoms with Gasteiger partial charge in [0.2, 0.25) is 0 Å². The molecule has 0 bridgehead atoms. The van der Waals surface area contributed by atoms with Gasteiger partial charge < -0.3 is 10.1 Å². The first-order valence-electron chi connectivity index (χ1n) is 5.96. The SMILES string of the molecule is Cc1ccc(-c2nc(C)n3cc(N)ccc23)cc1. The predicted octanol–water partition coefficient (Wildman–Crippen LogP) is 3.20. The van der Waals surface area contributed by atoms with Crippen LogP contribution in [0, 0.1) is 13.8 Å². The van der Waals surface area contributed by atoms with Crippen LogP contribution in [-0.4, -0.2) is 9.38 Å². The van der Waals surface area contributed by atoms with Gasteiger partial charge in [-0.3, -0.25) is 0 Å². The molecule has 3 nitrogen and oxygen atoms in total. The fraction of sp³-hybridized carbons (Fsp3) is 0.133. The van der Waals surface area contributed by atoms with Crippen LogP contribution in [0.2, 0.25) is 0 Å². The Morgan fingerprint density at radius 3 is 2.44 bits per heavy atom. The summed E-state index contributed by atoms with van der Waals surface area (Å²) in [5, 5.41) is 0. The van der Waals surface area contributed by atoms with Gasteiger partial charge in [-0.05, 0) is 26.0 Å². The van der Waals surface area contributed by atoms with Gasteiger partial charge in [0.1, 0.15) is 5.82 Å². The highest BCUT2D eigenvalue weighted by atomic mass is 15.0. The topological polar surface area (TPSA) is 43.3 Å². The fourth-order valence-electron chi connectivity index (χ4n) is 2.17. The van der Waals surface area contributed by atoms with Gasteiger partial charge in [0.25, 0.3) is 0 Å². The van der Waals surface area contributed by atoms with Crippen LogP contribution >= 0.6 is 0 Å². The maximum atomic E-state index is 5.81. The number of aryl methyl sites for hydroxylation is 2. The van der Waals surface area contributed by atoms with E-state index >= 15 is 0 Å². The maximum Gasteiger partial charge on any atom is 0.110 e. The number of pyridine rings is 1. The number of hydrogen-bond acceptors (Lipinski definition) is 2. The van der Waals surface area contributed by atoms with E-state index in [0.717, 1.165) is 28.3 Å². The molecule has 3 aromatic rings.